The summed E-state index contributed by atoms with van der Waals surface area (Å²) in [6.45, 7) is 3.43. The van der Waals surface area contributed by atoms with E-state index in [-0.39, 0.29) is 48.1 Å². The van der Waals surface area contributed by atoms with E-state index in [4.69, 9.17) is 126 Å². The minimum atomic E-state index is -5.10. The van der Waals surface area contributed by atoms with E-state index >= 15 is 4.79 Å². The van der Waals surface area contributed by atoms with Gasteiger partial charge in [-0.3, -0.25) is 9.59 Å². The highest BCUT2D eigenvalue weighted by Crippen LogP contribution is 2.38. The van der Waals surface area contributed by atoms with Crippen molar-refractivity contribution in [3.05, 3.63) is 68.4 Å². The molecule has 0 spiro atoms. The Hall–Kier alpha value is -2.92. The number of likely N-dealkylation sites (N-methyl/N-ethyl adjacent to an activating group) is 1. The summed E-state index contributed by atoms with van der Waals surface area (Å²) in [5.41, 5.74) is -8.88. The molecular weight excluding hydrogens is 801 g/mol. The fraction of sp³-hybridized carbons (Fsp3) is 0.361. The molecule has 1 aliphatic carbocycles. The fourth-order valence-corrected chi connectivity index (χ4v) is 8.90. The van der Waals surface area contributed by atoms with Gasteiger partial charge in [0.25, 0.3) is 5.56 Å². The summed E-state index contributed by atoms with van der Waals surface area (Å²) in [7, 11) is 105. The number of fused-ring (bicyclic) bond motifs is 1. The van der Waals surface area contributed by atoms with Crippen LogP contribution >= 0.6 is 11.8 Å². The lowest BCUT2D eigenvalue weighted by Gasteiger charge is -2.63. The van der Waals surface area contributed by atoms with Gasteiger partial charge in [0.05, 0.1) is 47.1 Å². The maximum Gasteiger partial charge on any atom is 0.415 e. The van der Waals surface area contributed by atoms with Gasteiger partial charge in [-0.25, -0.2) is 4.39 Å². The molecule has 4 aromatic rings. The van der Waals surface area contributed by atoms with Gasteiger partial charge in [-0.1, -0.05) is 87.0 Å². The van der Waals surface area contributed by atoms with Crippen molar-refractivity contribution in [1.82, 2.24) is 19.4 Å². The Balaban J connectivity index is 1.81. The predicted octanol–water partition coefficient (Wildman–Crippen LogP) is -6.55. The first-order chi connectivity index (χ1) is 28.9. The lowest BCUT2D eigenvalue weighted by Crippen LogP contribution is -2.80. The Morgan fingerprint density at radius 1 is 0.714 bits per heavy atom. The summed E-state index contributed by atoms with van der Waals surface area (Å²) >= 11 is 0.928. The highest BCUT2D eigenvalue weighted by molar-refractivity contribution is 7.98. The lowest BCUT2D eigenvalue weighted by atomic mass is 9.34. The molecule has 0 atom stereocenters. The van der Waals surface area contributed by atoms with Crippen LogP contribution in [0.4, 0.5) is 17.6 Å². The van der Waals surface area contributed by atoms with Crippen LogP contribution in [0.5, 0.6) is 0 Å². The fourth-order valence-electron chi connectivity index (χ4n) is 7.87. The van der Waals surface area contributed by atoms with E-state index in [1.54, 1.807) is 13.8 Å². The standard InChI is InChI=1S/C36H22B16F4N4O2S/c1-3-58(4-2)35(49,50)36(51,52)60(30(62)33(47,48)59-16-7-5-6-15(16)29(61)57-31(59)63-12-13-8-10-14(53)11-9-13)32(45,46)19-25(41)21(37)17(22(38)26(19)42)18-23(39)27(43)20(34(54,55)56)28(44)24(18)40/h8-11H,3-7,12H2,1-2H3. The van der Waals surface area contributed by atoms with E-state index in [0.717, 1.165) is 16.3 Å². The van der Waals surface area contributed by atoms with Gasteiger partial charge < -0.3 is 14.4 Å². The Labute approximate surface area is 390 Å². The van der Waals surface area contributed by atoms with E-state index in [2.05, 4.69) is 4.98 Å². The first kappa shape index (κ1) is 51.1. The van der Waals surface area contributed by atoms with Crippen LogP contribution in [-0.2, 0) is 40.2 Å². The van der Waals surface area contributed by atoms with Crippen molar-refractivity contribution in [2.75, 3.05) is 13.1 Å². The molecular formula is C36H22B16F4N4O2S. The molecule has 1 aliphatic rings. The van der Waals surface area contributed by atoms with Crippen LogP contribution < -0.4 is 49.3 Å². The van der Waals surface area contributed by atoms with Gasteiger partial charge in [0, 0.05) is 27.9 Å². The quantitative estimate of drug-likeness (QED) is 0.0582. The summed E-state index contributed by atoms with van der Waals surface area (Å²) in [5, 5.41) is -11.5. The summed E-state index contributed by atoms with van der Waals surface area (Å²) < 4.78 is 56.8. The van der Waals surface area contributed by atoms with Crippen LogP contribution in [0, 0.1) is 5.82 Å². The van der Waals surface area contributed by atoms with Crippen molar-refractivity contribution in [3.8, 4) is 11.1 Å². The molecule has 0 bridgehead atoms. The third kappa shape index (κ3) is 8.66. The third-order valence-corrected chi connectivity index (χ3v) is 12.2. The zero-order valence-corrected chi connectivity index (χ0v) is 35.1. The van der Waals surface area contributed by atoms with Crippen LogP contribution in [0.2, 0.25) is 0 Å². The largest absolute Gasteiger partial charge is 0.415 e. The number of nitrogens with zero attached hydrogens (tertiary/aromatic N) is 4. The van der Waals surface area contributed by atoms with Gasteiger partial charge in [0.1, 0.15) is 84.3 Å². The summed E-state index contributed by atoms with van der Waals surface area (Å²) in [5.74, 6) is -1.93. The maximum absolute atomic E-state index is 15.5. The molecule has 1 heterocycles. The highest BCUT2D eigenvalue weighted by atomic mass is 32.2. The van der Waals surface area contributed by atoms with Gasteiger partial charge in [-0.2, -0.15) is 18.2 Å². The maximum atomic E-state index is 15.5. The van der Waals surface area contributed by atoms with Crippen LogP contribution in [-0.4, -0.2) is 175 Å². The van der Waals surface area contributed by atoms with Gasteiger partial charge >= 0.3 is 6.18 Å². The van der Waals surface area contributed by atoms with E-state index in [0.29, 0.717) is 16.9 Å². The first-order valence-electron chi connectivity index (χ1n) is 19.0. The lowest BCUT2D eigenvalue weighted by molar-refractivity contribution is -0.139. The highest BCUT2D eigenvalue weighted by Gasteiger charge is 2.53. The molecule has 27 heteroatoms. The Morgan fingerprint density at radius 3 is 1.62 bits per heavy atom. The normalized spacial score (nSPS) is 13.6. The molecule has 0 saturated heterocycles. The van der Waals surface area contributed by atoms with E-state index in [1.165, 1.54) is 29.2 Å². The Bertz CT molecular complexity index is 2480. The molecule has 1 aromatic heterocycles. The van der Waals surface area contributed by atoms with Crippen LogP contribution in [0.1, 0.15) is 48.2 Å². The molecule has 0 saturated carbocycles. The average molecular weight is 824 g/mol. The number of amides is 1. The number of hydrogen-bond acceptors (Lipinski definition) is 5. The smallest absolute Gasteiger partial charge is 0.361 e. The van der Waals surface area contributed by atoms with Gasteiger partial charge in [-0.05, 0) is 77.2 Å². The van der Waals surface area contributed by atoms with Crippen LogP contribution in [0.25, 0.3) is 11.1 Å². The molecule has 0 N–H and O–H groups in total. The Morgan fingerprint density at radius 2 is 1.17 bits per heavy atom. The second kappa shape index (κ2) is 18.0. The van der Waals surface area contributed by atoms with Crippen LogP contribution in [0.3, 0.4) is 0 Å². The van der Waals surface area contributed by atoms with Gasteiger partial charge in [0.2, 0.25) is 5.91 Å². The summed E-state index contributed by atoms with van der Waals surface area (Å²) in [4.78, 5) is 34.8. The Kier molecular flexibility index (Phi) is 14.6. The number of thioether (sulfide) groups is 1. The molecule has 5 rings (SSSR count). The van der Waals surface area contributed by atoms with Crippen molar-refractivity contribution in [1.29, 1.82) is 0 Å². The second-order valence-corrected chi connectivity index (χ2v) is 16.1. The number of benzene rings is 3. The van der Waals surface area contributed by atoms with E-state index in [9.17, 15) is 22.4 Å². The SMILES string of the molecule is [B]c1c([B])c(C(F)(F)F)c([B])c([B])c1-c1c([B])c([B])c(C([B])([B])N(C(=O)C([B])([B])n2c(SCc3ccc(F)cc3)nc(=O)c3c2CCC3)C([B])([B])C([B])([B])N(CC)CC)c([B])c1[B]. The van der Waals surface area contributed by atoms with Crippen molar-refractivity contribution in [2.45, 2.75) is 71.5 Å². The number of rotatable bonds is 13. The molecule has 63 heavy (non-hydrogen) atoms. The van der Waals surface area contributed by atoms with Crippen LogP contribution in [0.15, 0.2) is 34.2 Å². The minimum absolute atomic E-state index is 0.0721. The minimum Gasteiger partial charge on any atom is -0.361 e. The second-order valence-electron chi connectivity index (χ2n) is 15.2. The average Bonchev–Trinajstić information content (AvgIpc) is 3.67. The molecule has 280 valence electrons. The zero-order valence-electron chi connectivity index (χ0n) is 34.3. The monoisotopic (exact) mass is 826 g/mol. The molecule has 0 unspecified atom stereocenters. The van der Waals surface area contributed by atoms with Crippen molar-refractivity contribution in [3.63, 3.8) is 0 Å². The number of carbonyl (C=O) groups excluding carboxylic acids is 1. The van der Waals surface area contributed by atoms with E-state index in [1.807, 2.05) is 0 Å². The van der Waals surface area contributed by atoms with Crippen molar-refractivity contribution < 1.29 is 22.4 Å². The van der Waals surface area contributed by atoms with E-state index < -0.39 is 111 Å². The number of carbonyl (C=O) groups is 1. The molecule has 1 amide bonds. The topological polar surface area (TPSA) is 58.4 Å². The predicted molar refractivity (Wildman–Crippen MR) is 257 cm³/mol. The molecule has 6 nitrogen and oxygen atoms in total. The molecule has 32 radical (unpaired) electrons. The van der Waals surface area contributed by atoms with Gasteiger partial charge in [-0.15, -0.1) is 0 Å². The van der Waals surface area contributed by atoms with Crippen molar-refractivity contribution in [2.24, 2.45) is 0 Å². The number of halogens is 4. The number of hydrogen-bond donors (Lipinski definition) is 0. The first-order valence-corrected chi connectivity index (χ1v) is 20.0. The zero-order chi connectivity index (χ0) is 47.7. The summed E-state index contributed by atoms with van der Waals surface area (Å²) in [6.07, 6.45) is -4.24. The number of alkyl halides is 3. The third-order valence-electron chi connectivity index (χ3n) is 11.2. The molecule has 0 fully saturated rings. The molecule has 0 aliphatic heterocycles. The van der Waals surface area contributed by atoms with Gasteiger partial charge in [0.15, 0.2) is 5.16 Å². The summed E-state index contributed by atoms with van der Waals surface area (Å²) in [6, 6.07) is 5.44. The van der Waals surface area contributed by atoms with Crippen molar-refractivity contribution >= 4 is 187 Å². The number of aromatic nitrogens is 2. The molecule has 3 aromatic carbocycles.